The van der Waals surface area contributed by atoms with Crippen LogP contribution in [0.2, 0.25) is 0 Å². The molecule has 15 nitrogen and oxygen atoms in total. The molecular formula is C27H30O15. The van der Waals surface area contributed by atoms with Gasteiger partial charge in [-0.25, -0.2) is 0 Å². The molecule has 2 aromatic carbocycles. The van der Waals surface area contributed by atoms with Crippen LogP contribution in [0.4, 0.5) is 0 Å². The van der Waals surface area contributed by atoms with Crippen LogP contribution in [0, 0.1) is 0 Å². The summed E-state index contributed by atoms with van der Waals surface area (Å²) in [4.78, 5) is 13.8. The maximum absolute atomic E-state index is 13.8. The van der Waals surface area contributed by atoms with E-state index < -0.39 is 84.6 Å². The molecule has 3 aromatic rings. The van der Waals surface area contributed by atoms with Crippen LogP contribution in [0.3, 0.4) is 0 Å². The molecule has 8 N–H and O–H groups in total. The highest BCUT2D eigenvalue weighted by Gasteiger charge is 2.49. The van der Waals surface area contributed by atoms with E-state index in [1.807, 2.05) is 0 Å². The van der Waals surface area contributed by atoms with Crippen LogP contribution < -0.4 is 14.9 Å². The summed E-state index contributed by atoms with van der Waals surface area (Å²) in [5.74, 6) is -2.09. The van der Waals surface area contributed by atoms with E-state index in [0.29, 0.717) is 0 Å². The second kappa shape index (κ2) is 11.5. The molecule has 2 aliphatic rings. The highest BCUT2D eigenvalue weighted by molar-refractivity contribution is 5.88. The summed E-state index contributed by atoms with van der Waals surface area (Å²) in [5.41, 5.74) is -1.01. The Labute approximate surface area is 236 Å². The molecule has 0 saturated carbocycles. The number of fused-ring (bicyclic) bond motifs is 1. The number of hydrogen-bond donors (Lipinski definition) is 8. The minimum absolute atomic E-state index is 0.00595. The van der Waals surface area contributed by atoms with Crippen LogP contribution in [0.15, 0.2) is 39.5 Å². The summed E-state index contributed by atoms with van der Waals surface area (Å²) in [5, 5.41) is 81.7. The maximum Gasteiger partial charge on any atom is 0.239 e. The van der Waals surface area contributed by atoms with Crippen molar-refractivity contribution in [3.05, 3.63) is 40.6 Å². The Balaban J connectivity index is 1.61. The standard InChI is InChI=1S/C27H30O15/c1-9-18(32)21(35)25(42-26-22(36)19(33)14(31)8-38-26)27(39-9)41-24-20(34)17-13(30)6-11(28)7-16(17)40-23(24)10-3-4-12(29)15(5-10)37-2/h3-7,9,14,18-19,21-22,25-33,35-36H,8H2,1-2H3/t9?,14-,18-,19?,21?,22+,25-,26-,27-/m0/s1. The van der Waals surface area contributed by atoms with Crippen molar-refractivity contribution in [3.63, 3.8) is 0 Å². The summed E-state index contributed by atoms with van der Waals surface area (Å²) >= 11 is 0. The predicted octanol–water partition coefficient (Wildman–Crippen LogP) is -0.745. The van der Waals surface area contributed by atoms with Gasteiger partial charge in [-0.3, -0.25) is 4.79 Å². The van der Waals surface area contributed by atoms with Crippen molar-refractivity contribution in [1.29, 1.82) is 0 Å². The van der Waals surface area contributed by atoms with Gasteiger partial charge in [0.05, 0.1) is 19.8 Å². The van der Waals surface area contributed by atoms with Crippen molar-refractivity contribution >= 4 is 11.0 Å². The molecule has 0 radical (unpaired) electrons. The minimum atomic E-state index is -1.77. The zero-order chi connectivity index (χ0) is 30.5. The van der Waals surface area contributed by atoms with E-state index in [-0.39, 0.29) is 33.8 Å². The van der Waals surface area contributed by atoms with Gasteiger partial charge >= 0.3 is 0 Å². The lowest BCUT2D eigenvalue weighted by Crippen LogP contribution is -2.62. The number of rotatable bonds is 6. The molecule has 42 heavy (non-hydrogen) atoms. The number of methoxy groups -OCH3 is 1. The lowest BCUT2D eigenvalue weighted by atomic mass is 9.99. The number of aliphatic hydroxyl groups is 5. The first-order chi connectivity index (χ1) is 19.9. The first-order valence-electron chi connectivity index (χ1n) is 12.8. The van der Waals surface area contributed by atoms with Crippen molar-refractivity contribution in [2.75, 3.05) is 13.7 Å². The second-order valence-corrected chi connectivity index (χ2v) is 9.97. The van der Waals surface area contributed by atoms with E-state index in [0.717, 1.165) is 12.1 Å². The Bertz CT molecular complexity index is 1510. The molecule has 1 aromatic heterocycles. The van der Waals surface area contributed by atoms with Crippen molar-refractivity contribution < 1.29 is 69.0 Å². The number of hydrogen-bond acceptors (Lipinski definition) is 15. The lowest BCUT2D eigenvalue weighted by molar-refractivity contribution is -0.341. The van der Waals surface area contributed by atoms with Gasteiger partial charge in [0.25, 0.3) is 0 Å². The SMILES string of the molecule is COc1cc(-c2oc3cc(O)cc(O)c3c(=O)c2O[C@@H]2OC(C)[C@H](O)C(O)[C@@H]2O[C@@H]2OC[C@H](O)C(O)[C@H]2O)ccc1O. The molecule has 3 heterocycles. The number of phenolic OH excluding ortho intramolecular Hbond substituents is 3. The third-order valence-corrected chi connectivity index (χ3v) is 7.12. The summed E-state index contributed by atoms with van der Waals surface area (Å²) in [6.07, 6.45) is -14.1. The third kappa shape index (κ3) is 5.32. The topological polar surface area (TPSA) is 238 Å². The van der Waals surface area contributed by atoms with Gasteiger partial charge in [-0.2, -0.15) is 0 Å². The van der Waals surface area contributed by atoms with E-state index in [9.17, 15) is 45.6 Å². The Morgan fingerprint density at radius 1 is 0.881 bits per heavy atom. The third-order valence-electron chi connectivity index (χ3n) is 7.12. The van der Waals surface area contributed by atoms with Gasteiger partial charge in [-0.15, -0.1) is 0 Å². The number of benzene rings is 2. The number of ether oxygens (including phenoxy) is 5. The fraction of sp³-hybridized carbons (Fsp3) is 0.444. The van der Waals surface area contributed by atoms with E-state index in [1.54, 1.807) is 0 Å². The van der Waals surface area contributed by atoms with E-state index in [4.69, 9.17) is 28.1 Å². The summed E-state index contributed by atoms with van der Waals surface area (Å²) in [6, 6.07) is 5.96. The quantitative estimate of drug-likeness (QED) is 0.175. The van der Waals surface area contributed by atoms with Gasteiger partial charge in [0.1, 0.15) is 53.0 Å². The predicted molar refractivity (Wildman–Crippen MR) is 139 cm³/mol. The van der Waals surface area contributed by atoms with E-state index in [1.165, 1.54) is 32.2 Å². The van der Waals surface area contributed by atoms with Gasteiger partial charge < -0.3 is 69.0 Å². The molecule has 5 rings (SSSR count). The van der Waals surface area contributed by atoms with Crippen molar-refractivity contribution in [2.24, 2.45) is 0 Å². The highest BCUT2D eigenvalue weighted by Crippen LogP contribution is 2.40. The Morgan fingerprint density at radius 2 is 1.62 bits per heavy atom. The summed E-state index contributed by atoms with van der Waals surface area (Å²) in [6.45, 7) is 0.986. The lowest BCUT2D eigenvalue weighted by Gasteiger charge is -2.44. The zero-order valence-corrected chi connectivity index (χ0v) is 22.2. The number of aliphatic hydroxyl groups excluding tert-OH is 5. The van der Waals surface area contributed by atoms with E-state index in [2.05, 4.69) is 0 Å². The van der Waals surface area contributed by atoms with Crippen molar-refractivity contribution in [2.45, 2.75) is 62.2 Å². The Morgan fingerprint density at radius 3 is 2.33 bits per heavy atom. The van der Waals surface area contributed by atoms with Crippen molar-refractivity contribution in [1.82, 2.24) is 0 Å². The van der Waals surface area contributed by atoms with Gasteiger partial charge in [-0.1, -0.05) is 0 Å². The van der Waals surface area contributed by atoms with Crippen LogP contribution in [0.25, 0.3) is 22.3 Å². The zero-order valence-electron chi connectivity index (χ0n) is 22.2. The van der Waals surface area contributed by atoms with Crippen LogP contribution in [-0.2, 0) is 14.2 Å². The molecule has 228 valence electrons. The molecular weight excluding hydrogens is 564 g/mol. The number of phenols is 3. The average Bonchev–Trinajstić information content (AvgIpc) is 2.95. The molecule has 9 atom stereocenters. The van der Waals surface area contributed by atoms with Crippen LogP contribution >= 0.6 is 0 Å². The van der Waals surface area contributed by atoms with Gasteiger partial charge in [0.2, 0.25) is 17.5 Å². The molecule has 0 spiro atoms. The molecule has 0 bridgehead atoms. The molecule has 2 saturated heterocycles. The van der Waals surface area contributed by atoms with Crippen LogP contribution in [-0.4, -0.2) is 110 Å². The summed E-state index contributed by atoms with van der Waals surface area (Å²) in [7, 11) is 1.30. The summed E-state index contributed by atoms with van der Waals surface area (Å²) < 4.78 is 33.6. The molecule has 3 unspecified atom stereocenters. The number of aromatic hydroxyl groups is 3. The largest absolute Gasteiger partial charge is 0.508 e. The highest BCUT2D eigenvalue weighted by atomic mass is 16.8. The molecule has 0 amide bonds. The second-order valence-electron chi connectivity index (χ2n) is 9.97. The first-order valence-corrected chi connectivity index (χ1v) is 12.8. The molecule has 2 aliphatic heterocycles. The Kier molecular flexibility index (Phi) is 8.19. The Hall–Kier alpha value is -3.67. The monoisotopic (exact) mass is 594 g/mol. The normalized spacial score (nSPS) is 31.6. The van der Waals surface area contributed by atoms with Crippen LogP contribution in [0.5, 0.6) is 28.7 Å². The average molecular weight is 595 g/mol. The fourth-order valence-electron chi connectivity index (χ4n) is 4.80. The van der Waals surface area contributed by atoms with Gasteiger partial charge in [0, 0.05) is 17.7 Å². The van der Waals surface area contributed by atoms with Gasteiger partial charge in [-0.05, 0) is 25.1 Å². The maximum atomic E-state index is 13.8. The van der Waals surface area contributed by atoms with Crippen molar-refractivity contribution in [3.8, 4) is 40.1 Å². The molecule has 0 aliphatic carbocycles. The van der Waals surface area contributed by atoms with Crippen LogP contribution in [0.1, 0.15) is 6.92 Å². The van der Waals surface area contributed by atoms with E-state index >= 15 is 0 Å². The molecule has 15 heteroatoms. The minimum Gasteiger partial charge on any atom is -0.508 e. The fourth-order valence-corrected chi connectivity index (χ4v) is 4.80. The smallest absolute Gasteiger partial charge is 0.239 e. The molecule has 2 fully saturated rings. The van der Waals surface area contributed by atoms with Gasteiger partial charge in [0.15, 0.2) is 29.7 Å². The first kappa shape index (κ1) is 29.8.